The molecule has 18 heavy (non-hydrogen) atoms. The Morgan fingerprint density at radius 1 is 1.28 bits per heavy atom. The van der Waals surface area contributed by atoms with E-state index in [1.54, 1.807) is 4.31 Å². The largest absolute Gasteiger partial charge is 0.481 e. The highest BCUT2D eigenvalue weighted by molar-refractivity contribution is 7.89. The van der Waals surface area contributed by atoms with Crippen LogP contribution in [-0.4, -0.2) is 47.7 Å². The summed E-state index contributed by atoms with van der Waals surface area (Å²) in [6.07, 6.45) is 3.32. The first-order valence-corrected chi connectivity index (χ1v) is 7.99. The number of carbonyl (C=O) groups is 1. The van der Waals surface area contributed by atoms with Crippen molar-refractivity contribution < 1.29 is 18.3 Å². The van der Waals surface area contributed by atoms with Crippen LogP contribution in [0.3, 0.4) is 0 Å². The molecule has 3 N–H and O–H groups in total. The minimum absolute atomic E-state index is 0.0357. The standard InChI is InChI=1S/C11H20N2O4S/c12-8-6-9-3-4-10(7-8)13(9)18(16,17)5-1-2-11(14)15/h8-10H,1-7,12H2,(H,14,15). The summed E-state index contributed by atoms with van der Waals surface area (Å²) in [5, 5.41) is 8.55. The molecule has 6 nitrogen and oxygen atoms in total. The molecular formula is C11H20N2O4S. The molecule has 0 saturated carbocycles. The van der Waals surface area contributed by atoms with Gasteiger partial charge in [-0.3, -0.25) is 4.79 Å². The van der Waals surface area contributed by atoms with Crippen molar-refractivity contribution in [2.75, 3.05) is 5.75 Å². The van der Waals surface area contributed by atoms with Gasteiger partial charge in [-0.2, -0.15) is 4.31 Å². The molecule has 2 saturated heterocycles. The van der Waals surface area contributed by atoms with Gasteiger partial charge in [0.2, 0.25) is 10.0 Å². The van der Waals surface area contributed by atoms with E-state index in [1.165, 1.54) is 0 Å². The highest BCUT2D eigenvalue weighted by Crippen LogP contribution is 2.37. The zero-order chi connectivity index (χ0) is 13.3. The second kappa shape index (κ2) is 5.14. The van der Waals surface area contributed by atoms with Gasteiger partial charge >= 0.3 is 5.97 Å². The highest BCUT2D eigenvalue weighted by atomic mass is 32.2. The van der Waals surface area contributed by atoms with E-state index in [4.69, 9.17) is 10.8 Å². The molecule has 2 rings (SSSR count). The predicted molar refractivity (Wildman–Crippen MR) is 66.5 cm³/mol. The zero-order valence-electron chi connectivity index (χ0n) is 10.3. The van der Waals surface area contributed by atoms with Crippen molar-refractivity contribution in [2.24, 2.45) is 5.73 Å². The number of nitrogens with zero attached hydrogens (tertiary/aromatic N) is 1. The smallest absolute Gasteiger partial charge is 0.303 e. The van der Waals surface area contributed by atoms with E-state index in [0.29, 0.717) is 0 Å². The van der Waals surface area contributed by atoms with Crippen LogP contribution in [0, 0.1) is 0 Å². The first-order chi connectivity index (χ1) is 8.40. The van der Waals surface area contributed by atoms with Crippen molar-refractivity contribution in [1.29, 1.82) is 0 Å². The Balaban J connectivity index is 2.00. The first kappa shape index (κ1) is 13.8. The number of carboxylic acids is 1. The van der Waals surface area contributed by atoms with Crippen LogP contribution in [0.15, 0.2) is 0 Å². The summed E-state index contributed by atoms with van der Waals surface area (Å²) in [6.45, 7) is 0. The lowest BCUT2D eigenvalue weighted by Gasteiger charge is -2.36. The molecule has 0 aromatic carbocycles. The van der Waals surface area contributed by atoms with E-state index >= 15 is 0 Å². The Morgan fingerprint density at radius 2 is 1.83 bits per heavy atom. The van der Waals surface area contributed by atoms with Gasteiger partial charge in [-0.25, -0.2) is 8.42 Å². The summed E-state index contributed by atoms with van der Waals surface area (Å²) < 4.78 is 26.1. The average molecular weight is 276 g/mol. The third-order valence-corrected chi connectivity index (χ3v) is 5.86. The van der Waals surface area contributed by atoms with E-state index in [-0.39, 0.29) is 36.7 Å². The van der Waals surface area contributed by atoms with Gasteiger partial charge in [0.05, 0.1) is 5.75 Å². The number of nitrogens with two attached hydrogens (primary N) is 1. The van der Waals surface area contributed by atoms with Crippen LogP contribution in [-0.2, 0) is 14.8 Å². The molecule has 2 aliphatic rings. The van der Waals surface area contributed by atoms with Crippen LogP contribution in [0.25, 0.3) is 0 Å². The zero-order valence-corrected chi connectivity index (χ0v) is 11.1. The third kappa shape index (κ3) is 2.84. The number of hydrogen-bond donors (Lipinski definition) is 2. The lowest BCUT2D eigenvalue weighted by molar-refractivity contribution is -0.137. The Morgan fingerprint density at radius 3 is 2.33 bits per heavy atom. The molecule has 0 aromatic heterocycles. The maximum Gasteiger partial charge on any atom is 0.303 e. The molecular weight excluding hydrogens is 256 g/mol. The van der Waals surface area contributed by atoms with Gasteiger partial charge in [-0.05, 0) is 32.1 Å². The quantitative estimate of drug-likeness (QED) is 0.743. The van der Waals surface area contributed by atoms with Crippen LogP contribution in [0.1, 0.15) is 38.5 Å². The fraction of sp³-hybridized carbons (Fsp3) is 0.909. The summed E-state index contributed by atoms with van der Waals surface area (Å²) >= 11 is 0. The number of piperidine rings is 1. The number of hydrogen-bond acceptors (Lipinski definition) is 4. The summed E-state index contributed by atoms with van der Waals surface area (Å²) in [4.78, 5) is 10.4. The van der Waals surface area contributed by atoms with E-state index in [1.807, 2.05) is 0 Å². The molecule has 2 heterocycles. The lowest BCUT2D eigenvalue weighted by atomic mass is 10.0. The third-order valence-electron chi connectivity index (χ3n) is 3.82. The minimum Gasteiger partial charge on any atom is -0.481 e. The molecule has 7 heteroatoms. The van der Waals surface area contributed by atoms with Crippen LogP contribution in [0.5, 0.6) is 0 Å². The second-order valence-corrected chi connectivity index (χ2v) is 7.25. The van der Waals surface area contributed by atoms with Crippen LogP contribution in [0.2, 0.25) is 0 Å². The van der Waals surface area contributed by atoms with Crippen molar-refractivity contribution in [3.63, 3.8) is 0 Å². The number of carboxylic acid groups (broad SMARTS) is 1. The Labute approximate surface area is 107 Å². The van der Waals surface area contributed by atoms with E-state index in [9.17, 15) is 13.2 Å². The van der Waals surface area contributed by atoms with Gasteiger partial charge in [0, 0.05) is 24.5 Å². The second-order valence-electron chi connectivity index (χ2n) is 5.26. The Kier molecular flexibility index (Phi) is 3.93. The molecule has 0 spiro atoms. The monoisotopic (exact) mass is 276 g/mol. The molecule has 2 aliphatic heterocycles. The SMILES string of the molecule is NC1CC2CCC(C1)N2S(=O)(=O)CCCC(=O)O. The Bertz CT molecular complexity index is 409. The van der Waals surface area contributed by atoms with Gasteiger partial charge in [0.15, 0.2) is 0 Å². The van der Waals surface area contributed by atoms with Crippen molar-refractivity contribution in [3.05, 3.63) is 0 Å². The summed E-state index contributed by atoms with van der Waals surface area (Å²) in [5.41, 5.74) is 5.90. The van der Waals surface area contributed by atoms with Crippen LogP contribution < -0.4 is 5.73 Å². The van der Waals surface area contributed by atoms with Gasteiger partial charge < -0.3 is 10.8 Å². The van der Waals surface area contributed by atoms with Gasteiger partial charge in [-0.15, -0.1) is 0 Å². The van der Waals surface area contributed by atoms with Crippen LogP contribution in [0.4, 0.5) is 0 Å². The van der Waals surface area contributed by atoms with Crippen molar-refractivity contribution in [2.45, 2.75) is 56.7 Å². The normalized spacial score (nSPS) is 32.6. The fourth-order valence-corrected chi connectivity index (χ4v) is 5.15. The molecule has 2 bridgehead atoms. The first-order valence-electron chi connectivity index (χ1n) is 6.39. The average Bonchev–Trinajstić information content (AvgIpc) is 2.52. The predicted octanol–water partition coefficient (Wildman–Crippen LogP) is 0.135. The molecule has 104 valence electrons. The summed E-state index contributed by atoms with van der Waals surface area (Å²) in [6, 6.07) is 0.176. The van der Waals surface area contributed by atoms with E-state index < -0.39 is 16.0 Å². The molecule has 2 fully saturated rings. The molecule has 0 radical (unpaired) electrons. The molecule has 0 amide bonds. The fourth-order valence-electron chi connectivity index (χ4n) is 3.14. The molecule has 0 aliphatic carbocycles. The number of fused-ring (bicyclic) bond motifs is 2. The number of sulfonamides is 1. The van der Waals surface area contributed by atoms with Crippen LogP contribution >= 0.6 is 0 Å². The number of aliphatic carboxylic acids is 1. The summed E-state index contributed by atoms with van der Waals surface area (Å²) in [7, 11) is -3.32. The van der Waals surface area contributed by atoms with Crippen molar-refractivity contribution in [1.82, 2.24) is 4.31 Å². The molecule has 2 atom stereocenters. The van der Waals surface area contributed by atoms with Crippen molar-refractivity contribution in [3.8, 4) is 0 Å². The Hall–Kier alpha value is -0.660. The van der Waals surface area contributed by atoms with Gasteiger partial charge in [0.25, 0.3) is 0 Å². The highest BCUT2D eigenvalue weighted by Gasteiger charge is 2.45. The molecule has 0 aromatic rings. The van der Waals surface area contributed by atoms with Gasteiger partial charge in [-0.1, -0.05) is 0 Å². The van der Waals surface area contributed by atoms with Crippen molar-refractivity contribution >= 4 is 16.0 Å². The minimum atomic E-state index is -3.32. The molecule has 2 unspecified atom stereocenters. The number of rotatable bonds is 5. The van der Waals surface area contributed by atoms with E-state index in [0.717, 1.165) is 25.7 Å². The topological polar surface area (TPSA) is 101 Å². The maximum absolute atomic E-state index is 12.2. The van der Waals surface area contributed by atoms with E-state index in [2.05, 4.69) is 0 Å². The summed E-state index contributed by atoms with van der Waals surface area (Å²) in [5.74, 6) is -1.02. The maximum atomic E-state index is 12.2. The lowest BCUT2D eigenvalue weighted by Crippen LogP contribution is -2.50. The van der Waals surface area contributed by atoms with Gasteiger partial charge in [0.1, 0.15) is 0 Å².